The highest BCUT2D eigenvalue weighted by molar-refractivity contribution is 5.90. The van der Waals surface area contributed by atoms with Gasteiger partial charge in [-0.15, -0.1) is 5.11 Å². The van der Waals surface area contributed by atoms with E-state index in [-0.39, 0.29) is 17.4 Å². The number of azo groups is 1. The lowest BCUT2D eigenvalue weighted by Gasteiger charge is -2.02. The first-order chi connectivity index (χ1) is 10.0. The molecule has 8 heteroatoms. The van der Waals surface area contributed by atoms with Crippen molar-refractivity contribution in [2.75, 3.05) is 12.4 Å². The lowest BCUT2D eigenvalue weighted by Crippen LogP contribution is -2.09. The molecule has 0 radical (unpaired) electrons. The zero-order chi connectivity index (χ0) is 15.4. The second kappa shape index (κ2) is 6.04. The molecule has 1 amide bonds. The Labute approximate surface area is 120 Å². The van der Waals surface area contributed by atoms with Crippen molar-refractivity contribution in [1.29, 1.82) is 0 Å². The van der Waals surface area contributed by atoms with E-state index in [1.807, 2.05) is 0 Å². The molecule has 0 atom stereocenters. The van der Waals surface area contributed by atoms with Gasteiger partial charge < -0.3 is 10.1 Å². The Morgan fingerprint density at radius 1 is 1.38 bits per heavy atom. The van der Waals surface area contributed by atoms with Crippen LogP contribution in [0.5, 0.6) is 5.75 Å². The smallest absolute Gasteiger partial charge is 0.294 e. The summed E-state index contributed by atoms with van der Waals surface area (Å²) in [4.78, 5) is 22.9. The van der Waals surface area contributed by atoms with E-state index in [0.29, 0.717) is 11.4 Å². The minimum absolute atomic E-state index is 0.0375. The number of H-pyrrole nitrogens is 1. The molecule has 0 saturated carbocycles. The molecule has 0 aliphatic heterocycles. The summed E-state index contributed by atoms with van der Waals surface area (Å²) in [5, 5.41) is 12.9. The van der Waals surface area contributed by atoms with Crippen LogP contribution in [0.4, 0.5) is 17.2 Å². The van der Waals surface area contributed by atoms with Gasteiger partial charge in [-0.25, -0.2) is 0 Å². The monoisotopic (exact) mass is 289 g/mol. The van der Waals surface area contributed by atoms with E-state index in [0.717, 1.165) is 0 Å². The molecular formula is C13H15N5O3. The topological polar surface area (TPSA) is 101 Å². The average molecular weight is 289 g/mol. The molecule has 0 spiro atoms. The Hall–Kier alpha value is -2.90. The second-order valence-electron chi connectivity index (χ2n) is 4.28. The van der Waals surface area contributed by atoms with E-state index in [2.05, 4.69) is 20.6 Å². The number of nitrogens with one attached hydrogen (secondary N) is 2. The molecular weight excluding hydrogens is 274 g/mol. The lowest BCUT2D eigenvalue weighted by molar-refractivity contribution is -0.114. The quantitative estimate of drug-likeness (QED) is 0.842. The van der Waals surface area contributed by atoms with Crippen LogP contribution in [0.25, 0.3) is 0 Å². The van der Waals surface area contributed by atoms with Crippen LogP contribution in [-0.4, -0.2) is 22.8 Å². The number of nitrogens with zero attached hydrogens (tertiary/aromatic N) is 3. The number of aromatic nitrogens is 2. The van der Waals surface area contributed by atoms with Crippen LogP contribution in [0.2, 0.25) is 0 Å². The number of ether oxygens (including phenoxy) is 1. The minimum Gasteiger partial charge on any atom is -0.497 e. The summed E-state index contributed by atoms with van der Waals surface area (Å²) in [6, 6.07) is 6.94. The molecule has 0 fully saturated rings. The number of aromatic amines is 1. The molecule has 8 nitrogen and oxygen atoms in total. The van der Waals surface area contributed by atoms with E-state index < -0.39 is 5.56 Å². The predicted molar refractivity (Wildman–Crippen MR) is 77.5 cm³/mol. The van der Waals surface area contributed by atoms with Gasteiger partial charge in [0.1, 0.15) is 5.75 Å². The fourth-order valence-electron chi connectivity index (χ4n) is 1.71. The first-order valence-electron chi connectivity index (χ1n) is 6.13. The number of anilines is 1. The third-order valence-corrected chi connectivity index (χ3v) is 2.66. The summed E-state index contributed by atoms with van der Waals surface area (Å²) >= 11 is 0. The summed E-state index contributed by atoms with van der Waals surface area (Å²) in [7, 11) is 3.14. The van der Waals surface area contributed by atoms with Crippen LogP contribution < -0.4 is 15.6 Å². The van der Waals surface area contributed by atoms with Gasteiger partial charge in [0.25, 0.3) is 5.56 Å². The van der Waals surface area contributed by atoms with Crippen LogP contribution in [0, 0.1) is 0 Å². The van der Waals surface area contributed by atoms with Crippen molar-refractivity contribution in [2.24, 2.45) is 17.3 Å². The molecule has 21 heavy (non-hydrogen) atoms. The van der Waals surface area contributed by atoms with Crippen molar-refractivity contribution in [2.45, 2.75) is 6.92 Å². The molecule has 0 unspecified atom stereocenters. The largest absolute Gasteiger partial charge is 0.497 e. The number of carbonyl (C=O) groups is 1. The molecule has 1 heterocycles. The Morgan fingerprint density at radius 2 is 2.14 bits per heavy atom. The number of carbonyl (C=O) groups excluding carboxylic acids is 1. The van der Waals surface area contributed by atoms with Crippen LogP contribution in [-0.2, 0) is 11.8 Å². The summed E-state index contributed by atoms with van der Waals surface area (Å²) in [6.45, 7) is 1.35. The highest BCUT2D eigenvalue weighted by Crippen LogP contribution is 2.24. The van der Waals surface area contributed by atoms with Gasteiger partial charge in [0.2, 0.25) is 5.91 Å². The van der Waals surface area contributed by atoms with E-state index >= 15 is 0 Å². The van der Waals surface area contributed by atoms with Gasteiger partial charge in [0, 0.05) is 20.0 Å². The standard InChI is InChI=1S/C13H15N5O3/c1-8(19)14-12-11(13(20)17-18(12)2)16-15-9-5-4-6-10(7-9)21-3/h4-7H,1-3H3,(H,14,19)(H,17,20). The normalized spacial score (nSPS) is 10.8. The third kappa shape index (κ3) is 3.35. The van der Waals surface area contributed by atoms with Gasteiger partial charge in [0.15, 0.2) is 11.5 Å². The SMILES string of the molecule is COc1cccc(N=Nc2c(NC(C)=O)n(C)[nH]c2=O)c1. The third-order valence-electron chi connectivity index (χ3n) is 2.66. The van der Waals surface area contributed by atoms with Gasteiger partial charge in [-0.2, -0.15) is 5.11 Å². The molecule has 0 aliphatic carbocycles. The number of amides is 1. The fourth-order valence-corrected chi connectivity index (χ4v) is 1.71. The summed E-state index contributed by atoms with van der Waals surface area (Å²) in [5.41, 5.74) is 0.134. The maximum absolute atomic E-state index is 11.8. The zero-order valence-electron chi connectivity index (χ0n) is 11.9. The van der Waals surface area contributed by atoms with Crippen LogP contribution in [0.15, 0.2) is 39.3 Å². The molecule has 1 aromatic carbocycles. The van der Waals surface area contributed by atoms with E-state index in [9.17, 15) is 9.59 Å². The Bertz CT molecular complexity index is 745. The molecule has 110 valence electrons. The van der Waals surface area contributed by atoms with Gasteiger partial charge >= 0.3 is 0 Å². The van der Waals surface area contributed by atoms with Gasteiger partial charge in [-0.3, -0.25) is 19.4 Å². The maximum atomic E-state index is 11.8. The number of hydrogen-bond acceptors (Lipinski definition) is 5. The van der Waals surface area contributed by atoms with Crippen molar-refractivity contribution >= 4 is 23.1 Å². The first kappa shape index (κ1) is 14.5. The van der Waals surface area contributed by atoms with Crippen molar-refractivity contribution in [3.05, 3.63) is 34.6 Å². The highest BCUT2D eigenvalue weighted by Gasteiger charge is 2.13. The molecule has 0 saturated heterocycles. The summed E-state index contributed by atoms with van der Waals surface area (Å²) in [5.74, 6) is 0.595. The number of rotatable bonds is 4. The van der Waals surface area contributed by atoms with Crippen molar-refractivity contribution in [3.8, 4) is 5.75 Å². The molecule has 0 aliphatic rings. The maximum Gasteiger partial charge on any atom is 0.294 e. The fraction of sp³-hybridized carbons (Fsp3) is 0.231. The molecule has 2 aromatic rings. The van der Waals surface area contributed by atoms with E-state index in [1.165, 1.54) is 11.6 Å². The van der Waals surface area contributed by atoms with Gasteiger partial charge in [-0.1, -0.05) is 6.07 Å². The minimum atomic E-state index is -0.437. The highest BCUT2D eigenvalue weighted by atomic mass is 16.5. The number of hydrogen-bond donors (Lipinski definition) is 2. The van der Waals surface area contributed by atoms with Crippen LogP contribution >= 0.6 is 0 Å². The average Bonchev–Trinajstić information content (AvgIpc) is 2.71. The molecule has 0 bridgehead atoms. The Morgan fingerprint density at radius 3 is 2.81 bits per heavy atom. The number of aryl methyl sites for hydroxylation is 1. The van der Waals surface area contributed by atoms with Gasteiger partial charge in [0.05, 0.1) is 12.8 Å². The van der Waals surface area contributed by atoms with Crippen molar-refractivity contribution < 1.29 is 9.53 Å². The van der Waals surface area contributed by atoms with E-state index in [4.69, 9.17) is 4.74 Å². The Balaban J connectivity index is 2.36. The van der Waals surface area contributed by atoms with Crippen molar-refractivity contribution in [1.82, 2.24) is 9.78 Å². The Kier molecular flexibility index (Phi) is 4.17. The first-order valence-corrected chi connectivity index (χ1v) is 6.13. The molecule has 2 rings (SSSR count). The number of methoxy groups -OCH3 is 1. The second-order valence-corrected chi connectivity index (χ2v) is 4.28. The number of benzene rings is 1. The lowest BCUT2D eigenvalue weighted by atomic mass is 10.3. The zero-order valence-corrected chi connectivity index (χ0v) is 11.9. The van der Waals surface area contributed by atoms with Crippen LogP contribution in [0.1, 0.15) is 6.92 Å². The summed E-state index contributed by atoms with van der Waals surface area (Å²) in [6.07, 6.45) is 0. The van der Waals surface area contributed by atoms with Gasteiger partial charge in [-0.05, 0) is 12.1 Å². The molecule has 2 N–H and O–H groups in total. The van der Waals surface area contributed by atoms with E-state index in [1.54, 1.807) is 38.4 Å². The van der Waals surface area contributed by atoms with Crippen LogP contribution in [0.3, 0.4) is 0 Å². The predicted octanol–water partition coefficient (Wildman–Crippen LogP) is 2.10. The van der Waals surface area contributed by atoms with Crippen molar-refractivity contribution in [3.63, 3.8) is 0 Å². The summed E-state index contributed by atoms with van der Waals surface area (Å²) < 4.78 is 6.46. The molecule has 1 aromatic heterocycles.